The van der Waals surface area contributed by atoms with Crippen molar-refractivity contribution in [2.45, 2.75) is 228 Å². The number of ketones is 4. The van der Waals surface area contributed by atoms with E-state index in [1.165, 1.54) is 0 Å². The molecule has 0 fully saturated rings. The van der Waals surface area contributed by atoms with E-state index in [0.29, 0.717) is 82.0 Å². The number of aliphatic carboxylic acids is 2. The first kappa shape index (κ1) is 60.2. The van der Waals surface area contributed by atoms with Crippen molar-refractivity contribution in [3.05, 3.63) is 11.6 Å². The molecule has 1 aliphatic carbocycles. The molecule has 0 radical (unpaired) electrons. The molecule has 0 amide bonds. The van der Waals surface area contributed by atoms with Gasteiger partial charge in [-0.15, -0.1) is 0 Å². The molecule has 0 bridgehead atoms. The highest BCUT2D eigenvalue weighted by molar-refractivity contribution is 5.95. The number of hydrogen-bond acceptors (Lipinski definition) is 10. The topological polar surface area (TPSA) is 180 Å². The molecule has 0 aromatic heterocycles. The van der Waals surface area contributed by atoms with Gasteiger partial charge in [-0.2, -0.15) is 0 Å². The van der Waals surface area contributed by atoms with Crippen LogP contribution in [0.2, 0.25) is 0 Å². The number of allylic oxidation sites excluding steroid dienone is 1. The van der Waals surface area contributed by atoms with Gasteiger partial charge in [0.15, 0.2) is 23.1 Å². The zero-order valence-electron chi connectivity index (χ0n) is 43.1. The van der Waals surface area contributed by atoms with Gasteiger partial charge in [0.2, 0.25) is 0 Å². The maximum absolute atomic E-state index is 14.2. The average Bonchev–Trinajstić information content (AvgIpc) is 3.23. The highest BCUT2D eigenvalue weighted by Crippen LogP contribution is 2.42. The minimum Gasteiger partial charge on any atom is -0.481 e. The van der Waals surface area contributed by atoms with Crippen LogP contribution in [-0.4, -0.2) is 94.1 Å². The Morgan fingerprint density at radius 3 is 1.46 bits per heavy atom. The number of ether oxygens (including phenoxy) is 4. The molecule has 0 aromatic carbocycles. The van der Waals surface area contributed by atoms with Crippen LogP contribution in [0.3, 0.4) is 0 Å². The highest BCUT2D eigenvalue weighted by atomic mass is 16.5. The average molecular weight is 921 g/mol. The molecule has 2 N–H and O–H groups in total. The lowest BCUT2D eigenvalue weighted by Gasteiger charge is -2.39. The van der Waals surface area contributed by atoms with E-state index in [9.17, 15) is 39.0 Å². The maximum Gasteiger partial charge on any atom is 0.311 e. The molecule has 65 heavy (non-hydrogen) atoms. The van der Waals surface area contributed by atoms with Crippen LogP contribution in [0, 0.1) is 35.5 Å². The van der Waals surface area contributed by atoms with Crippen LogP contribution in [0.15, 0.2) is 11.6 Å². The van der Waals surface area contributed by atoms with Crippen LogP contribution in [0.25, 0.3) is 0 Å². The largest absolute Gasteiger partial charge is 0.481 e. The second-order valence-electron chi connectivity index (χ2n) is 20.8. The molecule has 0 aliphatic heterocycles. The summed E-state index contributed by atoms with van der Waals surface area (Å²) in [5, 5.41) is 20.3. The van der Waals surface area contributed by atoms with Crippen LogP contribution in [0.1, 0.15) is 206 Å². The highest BCUT2D eigenvalue weighted by Gasteiger charge is 2.49. The molecule has 6 unspecified atom stereocenters. The van der Waals surface area contributed by atoms with Crippen LogP contribution < -0.4 is 0 Å². The van der Waals surface area contributed by atoms with Crippen LogP contribution >= 0.6 is 0 Å². The quantitative estimate of drug-likeness (QED) is 0.0443. The zero-order chi connectivity index (χ0) is 49.6. The van der Waals surface area contributed by atoms with Gasteiger partial charge in [0.1, 0.15) is 22.4 Å². The van der Waals surface area contributed by atoms with Crippen LogP contribution in [0.5, 0.6) is 0 Å². The molecular formula is C53H92O12. The summed E-state index contributed by atoms with van der Waals surface area (Å²) in [7, 11) is 0. The monoisotopic (exact) mass is 921 g/mol. The minimum atomic E-state index is -1.37. The lowest BCUT2D eigenvalue weighted by atomic mass is 9.65. The number of carbonyl (C=O) groups is 6. The van der Waals surface area contributed by atoms with Gasteiger partial charge >= 0.3 is 11.9 Å². The summed E-state index contributed by atoms with van der Waals surface area (Å²) in [6.45, 7) is 25.6. The van der Waals surface area contributed by atoms with E-state index in [0.717, 1.165) is 51.4 Å². The number of rotatable bonds is 38. The Hall–Kier alpha value is -2.80. The predicted octanol–water partition coefficient (Wildman–Crippen LogP) is 11.4. The van der Waals surface area contributed by atoms with Crippen molar-refractivity contribution >= 4 is 35.1 Å². The Bertz CT molecular complexity index is 1520. The molecule has 1 aliphatic rings. The molecule has 0 heterocycles. The smallest absolute Gasteiger partial charge is 0.311 e. The van der Waals surface area contributed by atoms with Gasteiger partial charge in [0.05, 0.1) is 25.6 Å². The van der Waals surface area contributed by atoms with Crippen molar-refractivity contribution in [3.63, 3.8) is 0 Å². The van der Waals surface area contributed by atoms with E-state index in [-0.39, 0.29) is 31.2 Å². The fourth-order valence-electron chi connectivity index (χ4n) is 8.82. The third kappa shape index (κ3) is 20.9. The predicted molar refractivity (Wildman–Crippen MR) is 256 cm³/mol. The van der Waals surface area contributed by atoms with E-state index in [2.05, 4.69) is 27.7 Å². The molecule has 6 atom stereocenters. The summed E-state index contributed by atoms with van der Waals surface area (Å²) >= 11 is 0. The van der Waals surface area contributed by atoms with Gasteiger partial charge in [0, 0.05) is 37.9 Å². The maximum atomic E-state index is 14.2. The van der Waals surface area contributed by atoms with Gasteiger partial charge in [-0.25, -0.2) is 0 Å². The first-order valence-corrected chi connectivity index (χ1v) is 25.1. The molecule has 0 saturated heterocycles. The minimum absolute atomic E-state index is 0.0385. The molecule has 376 valence electrons. The number of hydrogen-bond donors (Lipinski definition) is 2. The van der Waals surface area contributed by atoms with Crippen molar-refractivity contribution in [1.29, 1.82) is 0 Å². The Balaban J connectivity index is 2.88. The second-order valence-corrected chi connectivity index (χ2v) is 20.8. The summed E-state index contributed by atoms with van der Waals surface area (Å²) in [4.78, 5) is 79.4. The summed E-state index contributed by atoms with van der Waals surface area (Å²) < 4.78 is 24.4. The number of carbonyl (C=O) groups excluding carboxylic acids is 4. The second kappa shape index (κ2) is 29.2. The molecule has 1 rings (SSSR count). The van der Waals surface area contributed by atoms with Gasteiger partial charge in [-0.3, -0.25) is 28.8 Å². The van der Waals surface area contributed by atoms with Gasteiger partial charge in [0.25, 0.3) is 0 Å². The first-order valence-electron chi connectivity index (χ1n) is 25.1. The van der Waals surface area contributed by atoms with Crippen molar-refractivity contribution in [1.82, 2.24) is 0 Å². The summed E-state index contributed by atoms with van der Waals surface area (Å²) in [6.07, 6.45) is 14.4. The standard InChI is InChI=1S/C53H92O12/c1-14-18-26-38(16-3)35-64-50(6,7)43(54)28-22-20-24-30-62-52(10,11)47(58)41(34-45(56)57)40-32-37(5)46(49(60)61)42(33-40)48(59)53(12,13)63-31-25-21-23-29-44(55)51(8,9)65-36-39(17-4)27-19-15-2/h32,38-42,46H,14-31,33-36H2,1-13H3,(H,56,57)(H,60,61). The van der Waals surface area contributed by atoms with Crippen molar-refractivity contribution in [2.24, 2.45) is 35.5 Å². The van der Waals surface area contributed by atoms with Gasteiger partial charge in [-0.05, 0) is 125 Å². The number of carboxylic acids is 2. The number of carboxylic acid groups (broad SMARTS) is 2. The lowest BCUT2D eigenvalue weighted by molar-refractivity contribution is -0.156. The number of unbranched alkanes of at least 4 members (excludes halogenated alkanes) is 6. The van der Waals surface area contributed by atoms with E-state index in [1.807, 2.05) is 27.7 Å². The third-order valence-electron chi connectivity index (χ3n) is 13.7. The van der Waals surface area contributed by atoms with Gasteiger partial charge < -0.3 is 29.2 Å². The van der Waals surface area contributed by atoms with Gasteiger partial charge in [-0.1, -0.05) is 90.7 Å². The fourth-order valence-corrected chi connectivity index (χ4v) is 8.82. The fraction of sp³-hybridized carbons (Fsp3) is 0.849. The summed E-state index contributed by atoms with van der Waals surface area (Å²) in [6, 6.07) is 0. The Kier molecular flexibility index (Phi) is 27.0. The van der Waals surface area contributed by atoms with E-state index >= 15 is 0 Å². The van der Waals surface area contributed by atoms with E-state index in [1.54, 1.807) is 40.7 Å². The first-order chi connectivity index (χ1) is 30.3. The van der Waals surface area contributed by atoms with Crippen LogP contribution in [-0.2, 0) is 47.7 Å². The molecule has 12 nitrogen and oxygen atoms in total. The zero-order valence-corrected chi connectivity index (χ0v) is 43.1. The van der Waals surface area contributed by atoms with Crippen molar-refractivity contribution in [3.8, 4) is 0 Å². The molecule has 0 saturated carbocycles. The molecule has 12 heteroatoms. The summed E-state index contributed by atoms with van der Waals surface area (Å²) in [5.41, 5.74) is -4.08. The summed E-state index contributed by atoms with van der Waals surface area (Å²) in [5.74, 6) is -6.29. The molecule has 0 aromatic rings. The Morgan fingerprint density at radius 1 is 0.615 bits per heavy atom. The number of Topliss-reactive ketones (excluding diaryl/α,β-unsaturated/α-hetero) is 4. The molecular weight excluding hydrogens is 829 g/mol. The van der Waals surface area contributed by atoms with Crippen LogP contribution in [0.4, 0.5) is 0 Å². The van der Waals surface area contributed by atoms with Crippen molar-refractivity contribution < 1.29 is 57.9 Å². The lowest BCUT2D eigenvalue weighted by Crippen LogP contribution is -2.49. The Labute approximate surface area is 393 Å². The van der Waals surface area contributed by atoms with E-state index in [4.69, 9.17) is 18.9 Å². The van der Waals surface area contributed by atoms with Crippen molar-refractivity contribution in [2.75, 3.05) is 26.4 Å². The molecule has 0 spiro atoms. The Morgan fingerprint density at radius 2 is 1.06 bits per heavy atom. The SMILES string of the molecule is CCCCC(CC)COC(C)(C)C(=O)CCCCCOC(C)(C)C(=O)C(CC(=O)O)C1C=C(C)C(C(=O)O)C(C(=O)C(C)(C)OCCCCCC(=O)C(C)(C)OCC(CC)CCCC)C1. The third-order valence-corrected chi connectivity index (χ3v) is 13.7. The van der Waals surface area contributed by atoms with E-state index < -0.39 is 76.0 Å². The normalized spacial score (nSPS) is 18.7.